The molecular formula is C14H18N2O2. The summed E-state index contributed by atoms with van der Waals surface area (Å²) >= 11 is 0. The molecule has 18 heavy (non-hydrogen) atoms. The third-order valence-electron chi connectivity index (χ3n) is 3.53. The number of phenols is 1. The van der Waals surface area contributed by atoms with E-state index in [1.54, 1.807) is 12.1 Å². The van der Waals surface area contributed by atoms with Gasteiger partial charge in [-0.15, -0.1) is 0 Å². The SMILES string of the molecule is Oc1cccc(C2CN=C(C3CCCCN3)O2)c1. The van der Waals surface area contributed by atoms with Crippen LogP contribution < -0.4 is 5.32 Å². The number of benzene rings is 1. The number of nitrogens with zero attached hydrogens (tertiary/aromatic N) is 1. The van der Waals surface area contributed by atoms with Gasteiger partial charge in [0.05, 0.1) is 12.6 Å². The topological polar surface area (TPSA) is 53.9 Å². The van der Waals surface area contributed by atoms with Crippen molar-refractivity contribution >= 4 is 5.90 Å². The fourth-order valence-electron chi connectivity index (χ4n) is 2.55. The van der Waals surface area contributed by atoms with Gasteiger partial charge in [0.1, 0.15) is 11.9 Å². The molecule has 2 N–H and O–H groups in total. The van der Waals surface area contributed by atoms with E-state index in [1.165, 1.54) is 12.8 Å². The number of hydrogen-bond acceptors (Lipinski definition) is 4. The van der Waals surface area contributed by atoms with Crippen molar-refractivity contribution in [3.63, 3.8) is 0 Å². The number of piperidine rings is 1. The minimum atomic E-state index is -0.0455. The second-order valence-corrected chi connectivity index (χ2v) is 4.88. The lowest BCUT2D eigenvalue weighted by molar-refractivity contribution is 0.212. The van der Waals surface area contributed by atoms with E-state index < -0.39 is 0 Å². The second kappa shape index (κ2) is 4.98. The summed E-state index contributed by atoms with van der Waals surface area (Å²) in [7, 11) is 0. The van der Waals surface area contributed by atoms with Crippen molar-refractivity contribution in [2.24, 2.45) is 4.99 Å². The number of hydrogen-bond donors (Lipinski definition) is 2. The summed E-state index contributed by atoms with van der Waals surface area (Å²) in [6.45, 7) is 1.70. The summed E-state index contributed by atoms with van der Waals surface area (Å²) in [4.78, 5) is 4.50. The number of rotatable bonds is 2. The quantitative estimate of drug-likeness (QED) is 0.839. The van der Waals surface area contributed by atoms with Crippen molar-refractivity contribution in [3.05, 3.63) is 29.8 Å². The van der Waals surface area contributed by atoms with Gasteiger partial charge in [0.15, 0.2) is 0 Å². The minimum Gasteiger partial charge on any atom is -0.508 e. The highest BCUT2D eigenvalue weighted by molar-refractivity contribution is 5.83. The molecule has 2 unspecified atom stereocenters. The van der Waals surface area contributed by atoms with Crippen LogP contribution in [-0.2, 0) is 4.74 Å². The van der Waals surface area contributed by atoms with Gasteiger partial charge in [0.2, 0.25) is 5.90 Å². The third kappa shape index (κ3) is 2.34. The van der Waals surface area contributed by atoms with Gasteiger partial charge in [0, 0.05) is 0 Å². The van der Waals surface area contributed by atoms with E-state index in [4.69, 9.17) is 4.74 Å². The van der Waals surface area contributed by atoms with Crippen molar-refractivity contribution in [2.75, 3.05) is 13.1 Å². The van der Waals surface area contributed by atoms with Crippen molar-refractivity contribution in [2.45, 2.75) is 31.4 Å². The van der Waals surface area contributed by atoms with Gasteiger partial charge in [-0.1, -0.05) is 18.6 Å². The Morgan fingerprint density at radius 1 is 1.33 bits per heavy atom. The first kappa shape index (κ1) is 11.5. The second-order valence-electron chi connectivity index (χ2n) is 4.88. The van der Waals surface area contributed by atoms with Crippen LogP contribution in [0.4, 0.5) is 0 Å². The van der Waals surface area contributed by atoms with Gasteiger partial charge in [-0.3, -0.25) is 0 Å². The molecule has 0 radical (unpaired) electrons. The van der Waals surface area contributed by atoms with Crippen LogP contribution in [0.3, 0.4) is 0 Å². The van der Waals surface area contributed by atoms with Crippen LogP contribution in [0.5, 0.6) is 5.75 Å². The van der Waals surface area contributed by atoms with E-state index in [-0.39, 0.29) is 17.9 Å². The summed E-state index contributed by atoms with van der Waals surface area (Å²) < 4.78 is 5.92. The maximum Gasteiger partial charge on any atom is 0.201 e. The van der Waals surface area contributed by atoms with Crippen LogP contribution in [0, 0.1) is 0 Å². The number of aliphatic imine (C=N–C) groups is 1. The highest BCUT2D eigenvalue weighted by Crippen LogP contribution is 2.27. The van der Waals surface area contributed by atoms with E-state index >= 15 is 0 Å². The van der Waals surface area contributed by atoms with Gasteiger partial charge in [-0.2, -0.15) is 0 Å². The molecular weight excluding hydrogens is 228 g/mol. The summed E-state index contributed by atoms with van der Waals surface area (Å²) in [5.74, 6) is 1.11. The zero-order valence-electron chi connectivity index (χ0n) is 10.3. The Kier molecular flexibility index (Phi) is 3.19. The maximum absolute atomic E-state index is 9.48. The average molecular weight is 246 g/mol. The smallest absolute Gasteiger partial charge is 0.201 e. The molecule has 0 saturated carbocycles. The molecule has 1 aromatic rings. The summed E-state index contributed by atoms with van der Waals surface area (Å²) in [5.41, 5.74) is 0.990. The lowest BCUT2D eigenvalue weighted by Gasteiger charge is -2.23. The predicted octanol–water partition coefficient (Wildman–Crippen LogP) is 2.00. The standard InChI is InChI=1S/C14H18N2O2/c17-11-5-3-4-10(8-11)13-9-16-14(18-13)12-6-1-2-7-15-12/h3-5,8,12-13,15,17H,1-2,6-7,9H2. The Labute approximate surface area is 107 Å². The molecule has 4 nitrogen and oxygen atoms in total. The van der Waals surface area contributed by atoms with Gasteiger partial charge < -0.3 is 15.2 Å². The molecule has 0 spiro atoms. The monoisotopic (exact) mass is 246 g/mol. The Hall–Kier alpha value is -1.55. The van der Waals surface area contributed by atoms with Crippen molar-refractivity contribution < 1.29 is 9.84 Å². The van der Waals surface area contributed by atoms with Crippen LogP contribution >= 0.6 is 0 Å². The van der Waals surface area contributed by atoms with Crippen LogP contribution in [0.1, 0.15) is 30.9 Å². The molecule has 2 atom stereocenters. The molecule has 1 aromatic carbocycles. The Bertz CT molecular complexity index is 453. The molecule has 3 rings (SSSR count). The summed E-state index contributed by atoms with van der Waals surface area (Å²) in [6.07, 6.45) is 3.53. The summed E-state index contributed by atoms with van der Waals surface area (Å²) in [6, 6.07) is 7.50. The number of nitrogens with one attached hydrogen (secondary N) is 1. The molecule has 4 heteroatoms. The van der Waals surface area contributed by atoms with Crippen LogP contribution in [0.25, 0.3) is 0 Å². The van der Waals surface area contributed by atoms with Gasteiger partial charge in [-0.05, 0) is 37.1 Å². The van der Waals surface area contributed by atoms with E-state index in [1.807, 2.05) is 12.1 Å². The first-order valence-corrected chi connectivity index (χ1v) is 6.56. The van der Waals surface area contributed by atoms with Gasteiger partial charge in [-0.25, -0.2) is 4.99 Å². The van der Waals surface area contributed by atoms with E-state index in [0.717, 1.165) is 24.4 Å². The average Bonchev–Trinajstić information content (AvgIpc) is 2.89. The van der Waals surface area contributed by atoms with Crippen LogP contribution in [-0.4, -0.2) is 30.1 Å². The normalized spacial score (nSPS) is 27.7. The van der Waals surface area contributed by atoms with Crippen LogP contribution in [0.15, 0.2) is 29.3 Å². The zero-order valence-corrected chi connectivity index (χ0v) is 10.3. The molecule has 1 saturated heterocycles. The van der Waals surface area contributed by atoms with Gasteiger partial charge in [0.25, 0.3) is 0 Å². The number of aromatic hydroxyl groups is 1. The molecule has 0 amide bonds. The van der Waals surface area contributed by atoms with Crippen molar-refractivity contribution in [1.29, 1.82) is 0 Å². The third-order valence-corrected chi connectivity index (χ3v) is 3.53. The fraction of sp³-hybridized carbons (Fsp3) is 0.500. The van der Waals surface area contributed by atoms with Crippen molar-refractivity contribution in [1.82, 2.24) is 5.32 Å². The Balaban J connectivity index is 1.66. The molecule has 0 bridgehead atoms. The summed E-state index contributed by atoms with van der Waals surface area (Å²) in [5, 5.41) is 12.9. The zero-order chi connectivity index (χ0) is 12.4. The van der Waals surface area contributed by atoms with Crippen LogP contribution in [0.2, 0.25) is 0 Å². The first-order valence-electron chi connectivity index (χ1n) is 6.56. The highest BCUT2D eigenvalue weighted by atomic mass is 16.5. The number of phenolic OH excluding ortho intramolecular Hbond substituents is 1. The maximum atomic E-state index is 9.48. The molecule has 2 aliphatic heterocycles. The first-order chi connectivity index (χ1) is 8.83. The fourth-order valence-corrected chi connectivity index (χ4v) is 2.55. The molecule has 1 fully saturated rings. The molecule has 0 aliphatic carbocycles. The Morgan fingerprint density at radius 3 is 3.06 bits per heavy atom. The highest BCUT2D eigenvalue weighted by Gasteiger charge is 2.28. The predicted molar refractivity (Wildman–Crippen MR) is 69.9 cm³/mol. The molecule has 96 valence electrons. The molecule has 2 aliphatic rings. The largest absolute Gasteiger partial charge is 0.508 e. The van der Waals surface area contributed by atoms with E-state index in [0.29, 0.717) is 6.54 Å². The Morgan fingerprint density at radius 2 is 2.28 bits per heavy atom. The molecule has 0 aromatic heterocycles. The molecule has 2 heterocycles. The van der Waals surface area contributed by atoms with E-state index in [9.17, 15) is 5.11 Å². The lowest BCUT2D eigenvalue weighted by Crippen LogP contribution is -2.40. The van der Waals surface area contributed by atoms with Crippen molar-refractivity contribution in [3.8, 4) is 5.75 Å². The van der Waals surface area contributed by atoms with Gasteiger partial charge >= 0.3 is 0 Å². The lowest BCUT2D eigenvalue weighted by atomic mass is 10.1. The number of ether oxygens (including phenoxy) is 1. The minimum absolute atomic E-state index is 0.0455. The van der Waals surface area contributed by atoms with E-state index in [2.05, 4.69) is 10.3 Å².